The smallest absolute Gasteiger partial charge is 0.352 e. The number of carbonyl (C=O) groups excluding carboxylic acids is 4. The molecular formula is C16H16ClN3O8S. The first-order valence-corrected chi connectivity index (χ1v) is 9.55. The third kappa shape index (κ3) is 4.59. The van der Waals surface area contributed by atoms with E-state index in [1.54, 1.807) is 0 Å². The van der Waals surface area contributed by atoms with Crippen molar-refractivity contribution in [1.29, 1.82) is 0 Å². The molecule has 2 amide bonds. The number of β-lactam (4-membered cyclic amide) rings is 1. The Morgan fingerprint density at radius 2 is 2.14 bits per heavy atom. The maximum Gasteiger partial charge on any atom is 0.352 e. The van der Waals surface area contributed by atoms with E-state index in [2.05, 4.69) is 26.6 Å². The van der Waals surface area contributed by atoms with Crippen LogP contribution in [-0.4, -0.2) is 82.0 Å². The number of fused-ring (bicyclic) bond motifs is 1. The minimum Gasteiger partial charge on any atom is -0.477 e. The number of alkyl halides is 1. The largest absolute Gasteiger partial charge is 0.477 e. The van der Waals surface area contributed by atoms with Crippen LogP contribution in [0.5, 0.6) is 0 Å². The Labute approximate surface area is 173 Å². The van der Waals surface area contributed by atoms with Crippen LogP contribution >= 0.6 is 23.4 Å². The van der Waals surface area contributed by atoms with Gasteiger partial charge in [0.05, 0.1) is 13.0 Å². The molecule has 2 heterocycles. The molecule has 0 spiro atoms. The summed E-state index contributed by atoms with van der Waals surface area (Å²) in [5.41, 5.74) is -0.559. The van der Waals surface area contributed by atoms with Crippen LogP contribution in [0, 0.1) is 0 Å². The summed E-state index contributed by atoms with van der Waals surface area (Å²) in [6.07, 6.45) is 1.36. The number of oxime groups is 1. The summed E-state index contributed by atoms with van der Waals surface area (Å²) in [4.78, 5) is 64.9. The van der Waals surface area contributed by atoms with Crippen molar-refractivity contribution >= 4 is 58.6 Å². The van der Waals surface area contributed by atoms with E-state index < -0.39 is 59.2 Å². The number of rotatable bonds is 9. The Kier molecular flexibility index (Phi) is 7.40. The van der Waals surface area contributed by atoms with Gasteiger partial charge in [-0.1, -0.05) is 17.8 Å². The summed E-state index contributed by atoms with van der Waals surface area (Å²) in [6, 6.07) is -1.08. The van der Waals surface area contributed by atoms with Gasteiger partial charge < -0.3 is 20.0 Å². The molecule has 156 valence electrons. The summed E-state index contributed by atoms with van der Waals surface area (Å²) < 4.78 is 4.33. The quantitative estimate of drug-likeness (QED) is 0.117. The van der Waals surface area contributed by atoms with Crippen LogP contribution < -0.4 is 5.32 Å². The zero-order valence-electron chi connectivity index (χ0n) is 15.0. The number of amides is 2. The fraction of sp³-hybridized carbons (Fsp3) is 0.375. The molecule has 0 aromatic heterocycles. The molecule has 0 aromatic carbocycles. The van der Waals surface area contributed by atoms with Crippen molar-refractivity contribution in [2.24, 2.45) is 5.16 Å². The number of ether oxygens (including phenoxy) is 1. The first kappa shape index (κ1) is 22.4. The van der Waals surface area contributed by atoms with Crippen LogP contribution in [0.15, 0.2) is 29.1 Å². The lowest BCUT2D eigenvalue weighted by atomic mass is 10.0. The summed E-state index contributed by atoms with van der Waals surface area (Å²) >= 11 is 6.68. The minimum absolute atomic E-state index is 0.202. The number of hydrogen-bond acceptors (Lipinski definition) is 9. The number of esters is 1. The number of hydrogen-bond donors (Lipinski definition) is 2. The molecule has 2 aliphatic heterocycles. The van der Waals surface area contributed by atoms with Gasteiger partial charge >= 0.3 is 11.9 Å². The summed E-state index contributed by atoms with van der Waals surface area (Å²) in [7, 11) is 1.11. The lowest BCUT2D eigenvalue weighted by Gasteiger charge is -2.49. The molecule has 29 heavy (non-hydrogen) atoms. The monoisotopic (exact) mass is 445 g/mol. The third-order valence-electron chi connectivity index (χ3n) is 3.90. The summed E-state index contributed by atoms with van der Waals surface area (Å²) in [6.45, 7) is 2.89. The van der Waals surface area contributed by atoms with Gasteiger partial charge in [-0.15, -0.1) is 23.4 Å². The topological polar surface area (TPSA) is 152 Å². The van der Waals surface area contributed by atoms with E-state index in [4.69, 9.17) is 11.6 Å². The molecule has 0 saturated carbocycles. The molecule has 11 nitrogen and oxygen atoms in total. The van der Waals surface area contributed by atoms with Crippen LogP contribution in [-0.2, 0) is 33.5 Å². The standard InChI is InChI=1S/C16H16ClN3O8S/c1-3-7-6-29-15-11(14(24)20(15)12(7)16(25)26)18-13(23)10(8(21)4-17)19-28-5-9(22)27-2/h3,11,15H,1,4-6H2,2H3,(H,18,23)(H,25,26)/b19-10-/t11?,15-/m0/s1. The highest BCUT2D eigenvalue weighted by molar-refractivity contribution is 8.00. The Bertz CT molecular complexity index is 840. The maximum absolute atomic E-state index is 12.4. The van der Waals surface area contributed by atoms with Gasteiger partial charge in [0.2, 0.25) is 18.1 Å². The molecule has 1 saturated heterocycles. The molecule has 13 heteroatoms. The second kappa shape index (κ2) is 9.56. The lowest BCUT2D eigenvalue weighted by molar-refractivity contribution is -0.150. The zero-order chi connectivity index (χ0) is 21.7. The van der Waals surface area contributed by atoms with Gasteiger partial charge in [-0.05, 0) is 5.57 Å². The molecule has 1 unspecified atom stereocenters. The molecule has 2 N–H and O–H groups in total. The van der Waals surface area contributed by atoms with Crippen molar-refractivity contribution in [3.63, 3.8) is 0 Å². The minimum atomic E-state index is -1.29. The van der Waals surface area contributed by atoms with Crippen molar-refractivity contribution in [1.82, 2.24) is 10.2 Å². The summed E-state index contributed by atoms with van der Waals surface area (Å²) in [5.74, 6) is -5.01. The predicted molar refractivity (Wildman–Crippen MR) is 101 cm³/mol. The SMILES string of the molecule is C=CC1=C(C(=O)O)N2C(=O)C(NC(=O)/C(=N\OCC(=O)OC)C(=O)CCl)[C@@H]2SC1. The van der Waals surface area contributed by atoms with E-state index in [1.165, 1.54) is 17.8 Å². The second-order valence-corrected chi connectivity index (χ2v) is 6.96. The Morgan fingerprint density at radius 1 is 1.45 bits per heavy atom. The van der Waals surface area contributed by atoms with Gasteiger partial charge in [0.1, 0.15) is 17.1 Å². The number of Topliss-reactive ketones (excluding diaryl/α,β-unsaturated/α-hetero) is 1. The number of carbonyl (C=O) groups is 5. The number of methoxy groups -OCH3 is 1. The molecular weight excluding hydrogens is 430 g/mol. The highest BCUT2D eigenvalue weighted by Crippen LogP contribution is 2.40. The van der Waals surface area contributed by atoms with E-state index in [0.717, 1.165) is 12.0 Å². The van der Waals surface area contributed by atoms with Crippen molar-refractivity contribution in [3.8, 4) is 0 Å². The number of nitrogens with one attached hydrogen (secondary N) is 1. The van der Waals surface area contributed by atoms with E-state index in [9.17, 15) is 29.1 Å². The van der Waals surface area contributed by atoms with Crippen molar-refractivity contribution in [2.75, 3.05) is 25.3 Å². The van der Waals surface area contributed by atoms with Gasteiger partial charge in [0.15, 0.2) is 0 Å². The average molecular weight is 446 g/mol. The Hall–Kier alpha value is -2.86. The van der Waals surface area contributed by atoms with Crippen LogP contribution in [0.4, 0.5) is 0 Å². The first-order valence-electron chi connectivity index (χ1n) is 7.97. The van der Waals surface area contributed by atoms with Crippen molar-refractivity contribution in [2.45, 2.75) is 11.4 Å². The van der Waals surface area contributed by atoms with Crippen molar-refractivity contribution < 1.29 is 38.7 Å². The highest BCUT2D eigenvalue weighted by Gasteiger charge is 2.54. The normalized spacial score (nSPS) is 21.0. The van der Waals surface area contributed by atoms with E-state index >= 15 is 0 Å². The molecule has 2 atom stereocenters. The van der Waals surface area contributed by atoms with Crippen LogP contribution in [0.1, 0.15) is 0 Å². The molecule has 0 aliphatic carbocycles. The predicted octanol–water partition coefficient (Wildman–Crippen LogP) is -0.735. The summed E-state index contributed by atoms with van der Waals surface area (Å²) in [5, 5.41) is 14.3. The fourth-order valence-corrected chi connectivity index (χ4v) is 3.97. The average Bonchev–Trinajstić information content (AvgIpc) is 2.72. The number of carboxylic acid groups (broad SMARTS) is 1. The molecule has 0 bridgehead atoms. The van der Waals surface area contributed by atoms with Gasteiger partial charge in [-0.25, -0.2) is 9.59 Å². The van der Waals surface area contributed by atoms with Crippen molar-refractivity contribution in [3.05, 3.63) is 23.9 Å². The molecule has 2 aliphatic rings. The van der Waals surface area contributed by atoms with Crippen LogP contribution in [0.25, 0.3) is 0 Å². The zero-order valence-corrected chi connectivity index (χ0v) is 16.6. The molecule has 2 rings (SSSR count). The molecule has 1 fully saturated rings. The van der Waals surface area contributed by atoms with E-state index in [1.807, 2.05) is 0 Å². The van der Waals surface area contributed by atoms with Crippen LogP contribution in [0.2, 0.25) is 0 Å². The fourth-order valence-electron chi connectivity index (χ4n) is 2.50. The number of thioether (sulfide) groups is 1. The Morgan fingerprint density at radius 3 is 2.69 bits per heavy atom. The Balaban J connectivity index is 2.14. The van der Waals surface area contributed by atoms with Crippen LogP contribution in [0.3, 0.4) is 0 Å². The number of halogens is 1. The van der Waals surface area contributed by atoms with E-state index in [-0.39, 0.29) is 11.4 Å². The number of allylic oxidation sites excluding steroid dienone is 1. The van der Waals surface area contributed by atoms with Gasteiger partial charge in [0, 0.05) is 5.75 Å². The molecule has 0 aromatic rings. The lowest BCUT2D eigenvalue weighted by Crippen LogP contribution is -2.71. The first-order chi connectivity index (χ1) is 13.8. The number of nitrogens with zero attached hydrogens (tertiary/aromatic N) is 2. The number of ketones is 1. The number of aliphatic carboxylic acids is 1. The number of carboxylic acids is 1. The maximum atomic E-state index is 12.4. The van der Waals surface area contributed by atoms with Gasteiger partial charge in [-0.2, -0.15) is 0 Å². The third-order valence-corrected chi connectivity index (χ3v) is 5.44. The highest BCUT2D eigenvalue weighted by atomic mass is 35.5. The second-order valence-electron chi connectivity index (χ2n) is 5.59. The molecule has 0 radical (unpaired) electrons. The van der Waals surface area contributed by atoms with Gasteiger partial charge in [-0.3, -0.25) is 19.3 Å². The van der Waals surface area contributed by atoms with E-state index in [0.29, 0.717) is 5.57 Å². The van der Waals surface area contributed by atoms with Gasteiger partial charge in [0.25, 0.3) is 11.8 Å².